The van der Waals surface area contributed by atoms with Gasteiger partial charge in [0, 0.05) is 31.8 Å². The van der Waals surface area contributed by atoms with Gasteiger partial charge >= 0.3 is 0 Å². The Morgan fingerprint density at radius 2 is 2.10 bits per heavy atom. The largest absolute Gasteiger partial charge is 0.382 e. The Hall–Kier alpha value is -3.94. The van der Waals surface area contributed by atoms with Gasteiger partial charge in [0.15, 0.2) is 0 Å². The van der Waals surface area contributed by atoms with Gasteiger partial charge in [0.2, 0.25) is 12.0 Å². The molecule has 0 bridgehead atoms. The fraction of sp³-hybridized carbons (Fsp3) is 0.217. The zero-order valence-electron chi connectivity index (χ0n) is 17.1. The van der Waals surface area contributed by atoms with Crippen molar-refractivity contribution >= 4 is 28.3 Å². The van der Waals surface area contributed by atoms with Gasteiger partial charge in [-0.05, 0) is 28.5 Å². The molecule has 0 spiro atoms. The summed E-state index contributed by atoms with van der Waals surface area (Å²) in [5.41, 5.74) is 2.38. The minimum absolute atomic E-state index is 0.220. The van der Waals surface area contributed by atoms with Gasteiger partial charge in [-0.25, -0.2) is 0 Å². The Morgan fingerprint density at radius 3 is 2.84 bits per heavy atom. The number of nitrogens with one attached hydrogen (secondary N) is 2. The van der Waals surface area contributed by atoms with E-state index in [1.807, 2.05) is 55.7 Å². The van der Waals surface area contributed by atoms with E-state index in [9.17, 15) is 9.59 Å². The summed E-state index contributed by atoms with van der Waals surface area (Å²) in [7, 11) is 1.82. The van der Waals surface area contributed by atoms with Crippen molar-refractivity contribution < 1.29 is 14.4 Å². The van der Waals surface area contributed by atoms with E-state index in [1.165, 1.54) is 6.08 Å². The van der Waals surface area contributed by atoms with Crippen LogP contribution in [0.5, 0.6) is 0 Å². The van der Waals surface area contributed by atoms with Crippen molar-refractivity contribution in [1.29, 1.82) is 0 Å². The highest BCUT2D eigenvalue weighted by Crippen LogP contribution is 2.22. The van der Waals surface area contributed by atoms with Gasteiger partial charge in [0.05, 0.1) is 18.0 Å². The predicted octanol–water partition coefficient (Wildman–Crippen LogP) is 2.23. The van der Waals surface area contributed by atoms with Crippen LogP contribution in [0.1, 0.15) is 23.6 Å². The Kier molecular flexibility index (Phi) is 5.79. The van der Waals surface area contributed by atoms with Crippen LogP contribution in [0.2, 0.25) is 0 Å². The first-order chi connectivity index (χ1) is 15.0. The van der Waals surface area contributed by atoms with E-state index < -0.39 is 12.1 Å². The molecule has 2 atom stereocenters. The van der Waals surface area contributed by atoms with Crippen LogP contribution in [0.15, 0.2) is 72.7 Å². The highest BCUT2D eigenvalue weighted by molar-refractivity contribution is 6.03. The third kappa shape index (κ3) is 4.63. The monoisotopic (exact) mass is 417 g/mol. The lowest BCUT2D eigenvalue weighted by Gasteiger charge is -2.21. The molecule has 2 N–H and O–H groups in total. The van der Waals surface area contributed by atoms with E-state index >= 15 is 0 Å². The van der Waals surface area contributed by atoms with E-state index in [4.69, 9.17) is 4.84 Å². The normalized spacial score (nSPS) is 16.3. The molecule has 0 aliphatic carbocycles. The Balaban J connectivity index is 1.49. The number of benzene rings is 2. The number of aromatic nitrogens is 2. The molecular formula is C23H23N5O3. The average molecular weight is 417 g/mol. The van der Waals surface area contributed by atoms with Crippen LogP contribution in [0.3, 0.4) is 0 Å². The van der Waals surface area contributed by atoms with E-state index in [0.717, 1.165) is 21.9 Å². The highest BCUT2D eigenvalue weighted by atomic mass is 16.6. The molecule has 31 heavy (non-hydrogen) atoms. The number of rotatable bonds is 7. The summed E-state index contributed by atoms with van der Waals surface area (Å²) >= 11 is 0. The van der Waals surface area contributed by atoms with Gasteiger partial charge < -0.3 is 15.5 Å². The summed E-state index contributed by atoms with van der Waals surface area (Å²) in [4.78, 5) is 30.0. The fourth-order valence-corrected chi connectivity index (χ4v) is 3.48. The van der Waals surface area contributed by atoms with Crippen LogP contribution < -0.4 is 10.6 Å². The molecule has 0 saturated heterocycles. The standard InChI is InChI=1S/C23H23N5O3/c1-3-22(29)24-13-20(17-9-8-15-6-4-5-7-16(15)10-17)26-23(30)21-11-19(27-31-21)18-12-25-28(2)14-18/h3-10,12,14,20-21H,1,11,13H2,2H3,(H,24,29)(H,26,30). The number of nitrogens with zero attached hydrogens (tertiary/aromatic N) is 3. The maximum Gasteiger partial charge on any atom is 0.264 e. The van der Waals surface area contributed by atoms with Gasteiger partial charge in [0.25, 0.3) is 5.91 Å². The smallest absolute Gasteiger partial charge is 0.264 e. The Morgan fingerprint density at radius 1 is 1.29 bits per heavy atom. The summed E-state index contributed by atoms with van der Waals surface area (Å²) in [5, 5.41) is 16.1. The van der Waals surface area contributed by atoms with Crippen LogP contribution in [0.4, 0.5) is 0 Å². The molecule has 8 heteroatoms. The number of aryl methyl sites for hydroxylation is 1. The van der Waals surface area contributed by atoms with Gasteiger partial charge in [-0.1, -0.05) is 48.1 Å². The molecule has 0 fully saturated rings. The van der Waals surface area contributed by atoms with Crippen molar-refractivity contribution in [3.63, 3.8) is 0 Å². The molecule has 2 unspecified atom stereocenters. The number of carbonyl (C=O) groups excluding carboxylic acids is 2. The lowest BCUT2D eigenvalue weighted by atomic mass is 10.0. The van der Waals surface area contributed by atoms with Gasteiger partial charge in [-0.3, -0.25) is 14.3 Å². The number of hydrogen-bond donors (Lipinski definition) is 2. The zero-order valence-corrected chi connectivity index (χ0v) is 17.1. The molecule has 2 aromatic carbocycles. The summed E-state index contributed by atoms with van der Waals surface area (Å²) in [6.07, 6.45) is 4.32. The molecule has 158 valence electrons. The number of hydrogen-bond acceptors (Lipinski definition) is 5. The first-order valence-electron chi connectivity index (χ1n) is 9.94. The highest BCUT2D eigenvalue weighted by Gasteiger charge is 2.31. The molecule has 8 nitrogen and oxygen atoms in total. The second kappa shape index (κ2) is 8.83. The summed E-state index contributed by atoms with van der Waals surface area (Å²) in [6, 6.07) is 13.5. The molecule has 1 aromatic heterocycles. The Bertz CT molecular complexity index is 1170. The first-order valence-corrected chi connectivity index (χ1v) is 9.94. The van der Waals surface area contributed by atoms with Crippen molar-refractivity contribution in [2.24, 2.45) is 12.2 Å². The maximum absolute atomic E-state index is 12.9. The van der Waals surface area contributed by atoms with Crippen LogP contribution in [0.25, 0.3) is 10.8 Å². The molecule has 1 aliphatic heterocycles. The van der Waals surface area contributed by atoms with Gasteiger partial charge in [-0.15, -0.1) is 0 Å². The molecular weight excluding hydrogens is 394 g/mol. The molecule has 1 aliphatic rings. The number of amides is 2. The number of carbonyl (C=O) groups is 2. The maximum atomic E-state index is 12.9. The summed E-state index contributed by atoms with van der Waals surface area (Å²) in [6.45, 7) is 3.69. The SMILES string of the molecule is C=CC(=O)NCC(NC(=O)C1CC(c2cnn(C)c2)=NO1)c1ccc2ccccc2c1. The summed E-state index contributed by atoms with van der Waals surface area (Å²) in [5.74, 6) is -0.604. The predicted molar refractivity (Wildman–Crippen MR) is 117 cm³/mol. The van der Waals surface area contributed by atoms with E-state index in [0.29, 0.717) is 12.1 Å². The second-order valence-corrected chi connectivity index (χ2v) is 7.36. The number of oxime groups is 1. The molecule has 4 rings (SSSR count). The zero-order chi connectivity index (χ0) is 21.8. The lowest BCUT2D eigenvalue weighted by molar-refractivity contribution is -0.132. The average Bonchev–Trinajstić information content (AvgIpc) is 3.45. The first kappa shape index (κ1) is 20.3. The molecule has 0 radical (unpaired) electrons. The van der Waals surface area contributed by atoms with Crippen LogP contribution >= 0.6 is 0 Å². The van der Waals surface area contributed by atoms with Crippen LogP contribution in [-0.2, 0) is 21.5 Å². The second-order valence-electron chi connectivity index (χ2n) is 7.36. The van der Waals surface area contributed by atoms with E-state index in [2.05, 4.69) is 27.5 Å². The third-order valence-electron chi connectivity index (χ3n) is 5.16. The van der Waals surface area contributed by atoms with Crippen LogP contribution in [0, 0.1) is 0 Å². The molecule has 2 amide bonds. The van der Waals surface area contributed by atoms with Crippen molar-refractivity contribution in [3.8, 4) is 0 Å². The van der Waals surface area contributed by atoms with Gasteiger partial charge in [0.1, 0.15) is 0 Å². The van der Waals surface area contributed by atoms with E-state index in [1.54, 1.807) is 10.9 Å². The quantitative estimate of drug-likeness (QED) is 0.576. The molecule has 0 saturated carbocycles. The van der Waals surface area contributed by atoms with Crippen molar-refractivity contribution in [2.45, 2.75) is 18.6 Å². The van der Waals surface area contributed by atoms with Crippen molar-refractivity contribution in [1.82, 2.24) is 20.4 Å². The topological polar surface area (TPSA) is 97.6 Å². The summed E-state index contributed by atoms with van der Waals surface area (Å²) < 4.78 is 1.67. The fourth-order valence-electron chi connectivity index (χ4n) is 3.48. The molecule has 2 heterocycles. The van der Waals surface area contributed by atoms with Gasteiger partial charge in [-0.2, -0.15) is 5.10 Å². The Labute approximate surface area is 179 Å². The minimum atomic E-state index is -0.742. The lowest BCUT2D eigenvalue weighted by Crippen LogP contribution is -2.42. The number of fused-ring (bicyclic) bond motifs is 1. The van der Waals surface area contributed by atoms with Crippen molar-refractivity contribution in [2.75, 3.05) is 6.54 Å². The van der Waals surface area contributed by atoms with Crippen LogP contribution in [-0.4, -0.2) is 40.0 Å². The van der Waals surface area contributed by atoms with Crippen molar-refractivity contribution in [3.05, 3.63) is 78.6 Å². The third-order valence-corrected chi connectivity index (χ3v) is 5.16. The molecule has 3 aromatic rings. The minimum Gasteiger partial charge on any atom is -0.382 e. The van der Waals surface area contributed by atoms with E-state index in [-0.39, 0.29) is 18.4 Å².